The number of likely N-dealkylation sites (N-methyl/N-ethyl adjacent to an activating group) is 1. The van der Waals surface area contributed by atoms with Gasteiger partial charge in [0, 0.05) is 13.1 Å². The maximum absolute atomic E-state index is 10.9. The van der Waals surface area contributed by atoms with Crippen LogP contribution in [-0.4, -0.2) is 48.3 Å². The molecule has 2 saturated carbocycles. The van der Waals surface area contributed by atoms with Crippen molar-refractivity contribution in [2.45, 2.75) is 50.7 Å². The molecule has 0 aromatic rings. The zero-order chi connectivity index (χ0) is 13.4. The molecule has 3 rings (SSSR count). The van der Waals surface area contributed by atoms with E-state index >= 15 is 0 Å². The highest BCUT2D eigenvalue weighted by molar-refractivity contribution is 5.72. The fraction of sp³-hybridized carbons (Fsp3) is 0.933. The average molecular weight is 267 g/mol. The molecule has 3 fully saturated rings. The number of fused-ring (bicyclic) bond motifs is 2. The van der Waals surface area contributed by atoms with Gasteiger partial charge in [0.15, 0.2) is 6.10 Å². The van der Waals surface area contributed by atoms with E-state index in [-0.39, 0.29) is 6.10 Å². The first kappa shape index (κ1) is 13.4. The van der Waals surface area contributed by atoms with Crippen LogP contribution in [0.3, 0.4) is 0 Å². The predicted molar refractivity (Wildman–Crippen MR) is 72.0 cm³/mol. The van der Waals surface area contributed by atoms with Crippen molar-refractivity contribution in [3.05, 3.63) is 0 Å². The zero-order valence-corrected chi connectivity index (χ0v) is 11.8. The van der Waals surface area contributed by atoms with E-state index in [1.165, 1.54) is 32.2 Å². The summed E-state index contributed by atoms with van der Waals surface area (Å²) in [6.45, 7) is 2.05. The first-order valence-electron chi connectivity index (χ1n) is 7.68. The third kappa shape index (κ3) is 2.95. The lowest BCUT2D eigenvalue weighted by molar-refractivity contribution is -0.149. The van der Waals surface area contributed by atoms with E-state index in [0.29, 0.717) is 6.42 Å². The van der Waals surface area contributed by atoms with Crippen molar-refractivity contribution in [2.24, 2.45) is 17.8 Å². The van der Waals surface area contributed by atoms with E-state index in [0.717, 1.165) is 30.7 Å². The molecule has 1 aliphatic heterocycles. The van der Waals surface area contributed by atoms with Gasteiger partial charge < -0.3 is 14.7 Å². The highest BCUT2D eigenvalue weighted by atomic mass is 16.5. The first-order chi connectivity index (χ1) is 9.11. The van der Waals surface area contributed by atoms with Crippen molar-refractivity contribution < 1.29 is 14.6 Å². The largest absolute Gasteiger partial charge is 0.479 e. The summed E-state index contributed by atoms with van der Waals surface area (Å²) in [5.41, 5.74) is 0. The van der Waals surface area contributed by atoms with Gasteiger partial charge in [0.25, 0.3) is 0 Å². The molecular weight excluding hydrogens is 242 g/mol. The van der Waals surface area contributed by atoms with E-state index in [4.69, 9.17) is 9.84 Å². The summed E-state index contributed by atoms with van der Waals surface area (Å²) in [6.07, 6.45) is 6.87. The topological polar surface area (TPSA) is 49.8 Å². The number of carboxylic acid groups (broad SMARTS) is 1. The fourth-order valence-electron chi connectivity index (χ4n) is 4.44. The Morgan fingerprint density at radius 2 is 2.05 bits per heavy atom. The number of rotatable bonds is 5. The molecule has 108 valence electrons. The molecule has 0 amide bonds. The molecule has 5 unspecified atom stereocenters. The van der Waals surface area contributed by atoms with E-state index in [9.17, 15) is 4.79 Å². The van der Waals surface area contributed by atoms with Crippen LogP contribution in [0, 0.1) is 17.8 Å². The second-order valence-corrected chi connectivity index (χ2v) is 6.82. The normalized spacial score (nSPS) is 41.3. The van der Waals surface area contributed by atoms with Crippen molar-refractivity contribution in [3.8, 4) is 0 Å². The van der Waals surface area contributed by atoms with Gasteiger partial charge in [0.2, 0.25) is 0 Å². The molecule has 1 saturated heterocycles. The summed E-state index contributed by atoms with van der Waals surface area (Å²) < 4.78 is 5.58. The molecule has 0 radical (unpaired) electrons. The van der Waals surface area contributed by atoms with Crippen molar-refractivity contribution in [1.29, 1.82) is 0 Å². The minimum Gasteiger partial charge on any atom is -0.479 e. The van der Waals surface area contributed by atoms with Crippen LogP contribution in [0.5, 0.6) is 0 Å². The van der Waals surface area contributed by atoms with E-state index in [2.05, 4.69) is 11.9 Å². The molecule has 5 atom stereocenters. The van der Waals surface area contributed by atoms with Crippen LogP contribution in [-0.2, 0) is 9.53 Å². The first-order valence-corrected chi connectivity index (χ1v) is 7.68. The second-order valence-electron chi connectivity index (χ2n) is 6.82. The Bertz CT molecular complexity index is 346. The van der Waals surface area contributed by atoms with Gasteiger partial charge in [-0.1, -0.05) is 6.42 Å². The van der Waals surface area contributed by atoms with Gasteiger partial charge in [0.05, 0.1) is 6.10 Å². The van der Waals surface area contributed by atoms with Crippen LogP contribution in [0.1, 0.15) is 38.5 Å². The van der Waals surface area contributed by atoms with Gasteiger partial charge in [0.1, 0.15) is 0 Å². The van der Waals surface area contributed by atoms with Gasteiger partial charge in [-0.3, -0.25) is 0 Å². The molecule has 1 N–H and O–H groups in total. The third-order valence-corrected chi connectivity index (χ3v) is 5.33. The summed E-state index contributed by atoms with van der Waals surface area (Å²) >= 11 is 0. The molecule has 0 aromatic carbocycles. The summed E-state index contributed by atoms with van der Waals surface area (Å²) in [6, 6.07) is 0. The van der Waals surface area contributed by atoms with Crippen LogP contribution in [0.4, 0.5) is 0 Å². The Hall–Kier alpha value is -0.610. The van der Waals surface area contributed by atoms with Gasteiger partial charge >= 0.3 is 5.97 Å². The lowest BCUT2D eigenvalue weighted by Crippen LogP contribution is -2.35. The van der Waals surface area contributed by atoms with Gasteiger partial charge in [-0.05, 0) is 56.9 Å². The number of nitrogens with zero attached hydrogens (tertiary/aromatic N) is 1. The highest BCUT2D eigenvalue weighted by Crippen LogP contribution is 2.48. The van der Waals surface area contributed by atoms with Crippen molar-refractivity contribution in [1.82, 2.24) is 4.90 Å². The lowest BCUT2D eigenvalue weighted by Gasteiger charge is -2.28. The summed E-state index contributed by atoms with van der Waals surface area (Å²) in [5, 5.41) is 8.93. The second kappa shape index (κ2) is 5.41. The van der Waals surface area contributed by atoms with Gasteiger partial charge in [-0.25, -0.2) is 4.79 Å². The van der Waals surface area contributed by atoms with Crippen LogP contribution in [0.2, 0.25) is 0 Å². The van der Waals surface area contributed by atoms with E-state index in [1.54, 1.807) is 0 Å². The predicted octanol–water partition coefficient (Wildman–Crippen LogP) is 1.99. The Balaban J connectivity index is 1.42. The Morgan fingerprint density at radius 1 is 1.21 bits per heavy atom. The molecule has 2 aliphatic carbocycles. The molecule has 4 nitrogen and oxygen atoms in total. The highest BCUT2D eigenvalue weighted by Gasteiger charge is 2.40. The van der Waals surface area contributed by atoms with Crippen molar-refractivity contribution >= 4 is 5.97 Å². The fourth-order valence-corrected chi connectivity index (χ4v) is 4.44. The van der Waals surface area contributed by atoms with E-state index in [1.807, 2.05) is 0 Å². The third-order valence-electron chi connectivity index (χ3n) is 5.33. The minimum atomic E-state index is -0.807. The van der Waals surface area contributed by atoms with Crippen molar-refractivity contribution in [3.63, 3.8) is 0 Å². The smallest absolute Gasteiger partial charge is 0.332 e. The molecule has 19 heavy (non-hydrogen) atoms. The molecular formula is C15H25NO3. The van der Waals surface area contributed by atoms with Crippen LogP contribution in [0.15, 0.2) is 0 Å². The number of carbonyl (C=O) groups is 1. The summed E-state index contributed by atoms with van der Waals surface area (Å²) in [4.78, 5) is 13.2. The standard InChI is InChI=1S/C15H25NO3/c1-16(8-12-7-10-2-3-11(12)6-10)9-13-4-5-14(19-13)15(17)18/h10-14H,2-9H2,1H3,(H,17,18). The number of aliphatic carboxylic acids is 1. The quantitative estimate of drug-likeness (QED) is 0.827. The van der Waals surface area contributed by atoms with Crippen molar-refractivity contribution in [2.75, 3.05) is 20.1 Å². The summed E-state index contributed by atoms with van der Waals surface area (Å²) in [5.74, 6) is 2.03. The Kier molecular flexibility index (Phi) is 3.81. The van der Waals surface area contributed by atoms with E-state index < -0.39 is 12.1 Å². The summed E-state index contributed by atoms with van der Waals surface area (Å²) in [7, 11) is 2.16. The Morgan fingerprint density at radius 3 is 2.63 bits per heavy atom. The van der Waals surface area contributed by atoms with Crippen LogP contribution < -0.4 is 0 Å². The van der Waals surface area contributed by atoms with Crippen LogP contribution >= 0.6 is 0 Å². The molecule has 3 aliphatic rings. The maximum Gasteiger partial charge on any atom is 0.332 e. The monoisotopic (exact) mass is 267 g/mol. The molecule has 2 bridgehead atoms. The molecule has 4 heteroatoms. The molecule has 0 spiro atoms. The Labute approximate surface area is 115 Å². The average Bonchev–Trinajstić information content (AvgIpc) is 3.03. The zero-order valence-electron chi connectivity index (χ0n) is 11.8. The molecule has 1 heterocycles. The minimum absolute atomic E-state index is 0.115. The molecule has 0 aromatic heterocycles. The lowest BCUT2D eigenvalue weighted by atomic mass is 9.88. The SMILES string of the molecule is CN(CC1CCC(C(=O)O)O1)CC1CC2CCC1C2. The van der Waals surface area contributed by atoms with Gasteiger partial charge in [-0.15, -0.1) is 0 Å². The number of hydrogen-bond donors (Lipinski definition) is 1. The maximum atomic E-state index is 10.9. The number of ether oxygens (including phenoxy) is 1. The van der Waals surface area contributed by atoms with Crippen LogP contribution in [0.25, 0.3) is 0 Å². The number of carboxylic acids is 1. The number of hydrogen-bond acceptors (Lipinski definition) is 3. The van der Waals surface area contributed by atoms with Gasteiger partial charge in [-0.2, -0.15) is 0 Å².